The van der Waals surface area contributed by atoms with Gasteiger partial charge in [0.15, 0.2) is 24.5 Å². The van der Waals surface area contributed by atoms with Crippen LogP contribution in [0.1, 0.15) is 80.5 Å². The summed E-state index contributed by atoms with van der Waals surface area (Å²) in [7, 11) is 1.72. The van der Waals surface area contributed by atoms with Gasteiger partial charge in [-0.2, -0.15) is 0 Å². The van der Waals surface area contributed by atoms with E-state index < -0.39 is 12.1 Å². The average molecular weight is 688 g/mol. The van der Waals surface area contributed by atoms with Crippen LogP contribution in [-0.4, -0.2) is 51.9 Å². The SMILES string of the molecule is CC(C)c1nc(CN(C)C(=O)N[C@H](C(=O)C[C@H](CC[C@H](Cc2ccccc2)NC(=O)OCc2cnco2)Cc2ccccc2)C(C)C)cs1. The molecule has 4 rings (SSSR count). The van der Waals surface area contributed by atoms with Gasteiger partial charge in [-0.05, 0) is 48.6 Å². The second kappa shape index (κ2) is 18.9. The van der Waals surface area contributed by atoms with Gasteiger partial charge in [-0.15, -0.1) is 11.3 Å². The van der Waals surface area contributed by atoms with E-state index in [0.717, 1.165) is 21.8 Å². The maximum absolute atomic E-state index is 13.9. The lowest BCUT2D eigenvalue weighted by Crippen LogP contribution is -2.49. The third-order valence-corrected chi connectivity index (χ3v) is 9.55. The Balaban J connectivity index is 1.43. The van der Waals surface area contributed by atoms with Crippen LogP contribution in [0.5, 0.6) is 0 Å². The zero-order chi connectivity index (χ0) is 35.2. The Kier molecular flexibility index (Phi) is 14.4. The number of ketones is 1. The summed E-state index contributed by atoms with van der Waals surface area (Å²) >= 11 is 1.59. The molecule has 0 saturated heterocycles. The molecule has 3 amide bonds. The van der Waals surface area contributed by atoms with E-state index in [0.29, 0.717) is 50.3 Å². The fourth-order valence-corrected chi connectivity index (χ4v) is 6.52. The summed E-state index contributed by atoms with van der Waals surface area (Å²) in [4.78, 5) is 50.1. The van der Waals surface area contributed by atoms with E-state index in [1.54, 1.807) is 23.3 Å². The lowest BCUT2D eigenvalue weighted by atomic mass is 9.85. The first kappa shape index (κ1) is 37.3. The van der Waals surface area contributed by atoms with Crippen molar-refractivity contribution < 1.29 is 23.5 Å². The summed E-state index contributed by atoms with van der Waals surface area (Å²) in [5, 5.41) is 9.06. The number of hydrogen-bond donors (Lipinski definition) is 2. The molecule has 2 aromatic carbocycles. The first-order chi connectivity index (χ1) is 23.6. The minimum absolute atomic E-state index is 0.00697. The highest BCUT2D eigenvalue weighted by Gasteiger charge is 2.29. The number of amides is 3. The number of urea groups is 1. The van der Waals surface area contributed by atoms with Gasteiger partial charge in [-0.25, -0.2) is 19.6 Å². The molecule has 4 aromatic rings. The molecule has 0 saturated carbocycles. The van der Waals surface area contributed by atoms with Gasteiger partial charge in [0.05, 0.1) is 29.5 Å². The van der Waals surface area contributed by atoms with Crippen molar-refractivity contribution in [3.8, 4) is 0 Å². The molecule has 2 N–H and O–H groups in total. The van der Waals surface area contributed by atoms with E-state index >= 15 is 0 Å². The maximum Gasteiger partial charge on any atom is 0.407 e. The number of alkyl carbamates (subject to hydrolysis) is 1. The van der Waals surface area contributed by atoms with Crippen LogP contribution >= 0.6 is 11.3 Å². The van der Waals surface area contributed by atoms with Crippen LogP contribution in [0.4, 0.5) is 9.59 Å². The summed E-state index contributed by atoms with van der Waals surface area (Å²) in [6.07, 6.45) is 5.17. The minimum atomic E-state index is -0.640. The topological polar surface area (TPSA) is 127 Å². The Morgan fingerprint density at radius 3 is 2.18 bits per heavy atom. The molecule has 11 heteroatoms. The molecule has 0 bridgehead atoms. The monoisotopic (exact) mass is 687 g/mol. The molecule has 0 unspecified atom stereocenters. The zero-order valence-electron chi connectivity index (χ0n) is 29.1. The lowest BCUT2D eigenvalue weighted by molar-refractivity contribution is -0.122. The third kappa shape index (κ3) is 12.5. The Labute approximate surface area is 293 Å². The Morgan fingerprint density at radius 1 is 0.918 bits per heavy atom. The molecule has 262 valence electrons. The van der Waals surface area contributed by atoms with Crippen molar-refractivity contribution in [2.75, 3.05) is 7.05 Å². The van der Waals surface area contributed by atoms with E-state index in [1.807, 2.05) is 67.8 Å². The molecular formula is C38H49N5O5S. The van der Waals surface area contributed by atoms with E-state index in [9.17, 15) is 14.4 Å². The van der Waals surface area contributed by atoms with Crippen LogP contribution < -0.4 is 10.6 Å². The number of nitrogens with zero attached hydrogens (tertiary/aromatic N) is 3. The van der Waals surface area contributed by atoms with Crippen molar-refractivity contribution in [2.24, 2.45) is 11.8 Å². The van der Waals surface area contributed by atoms with Gasteiger partial charge in [0.25, 0.3) is 0 Å². The van der Waals surface area contributed by atoms with E-state index in [4.69, 9.17) is 9.15 Å². The Hall–Kier alpha value is -4.51. The highest BCUT2D eigenvalue weighted by Crippen LogP contribution is 2.24. The van der Waals surface area contributed by atoms with Gasteiger partial charge in [-0.3, -0.25) is 4.79 Å². The first-order valence-corrected chi connectivity index (χ1v) is 17.8. The minimum Gasteiger partial charge on any atom is -0.445 e. The Morgan fingerprint density at radius 2 is 1.59 bits per heavy atom. The normalized spacial score (nSPS) is 13.1. The van der Waals surface area contributed by atoms with Crippen LogP contribution in [0.15, 0.2) is 83.1 Å². The summed E-state index contributed by atoms with van der Waals surface area (Å²) in [6.45, 7) is 8.44. The summed E-state index contributed by atoms with van der Waals surface area (Å²) in [6, 6.07) is 18.9. The third-order valence-electron chi connectivity index (χ3n) is 8.36. The first-order valence-electron chi connectivity index (χ1n) is 16.9. The standard InChI is InChI=1S/C38H49N5O5S/c1-26(2)35(42-37(45)43(5)22-32-24-49-36(40-32)27(3)4)34(44)20-30(18-28-12-8-6-9-13-28)16-17-31(19-29-14-10-7-11-15-29)41-38(46)47-23-33-21-39-25-48-33/h6-15,21,24-27,30-31,35H,16-20,22-23H2,1-5H3,(H,41,46)(H,42,45)/t30-,31-,35+/m1/s1. The largest absolute Gasteiger partial charge is 0.445 e. The number of rotatable bonds is 18. The van der Waals surface area contributed by atoms with Crippen LogP contribution in [0.3, 0.4) is 0 Å². The van der Waals surface area contributed by atoms with Crippen molar-refractivity contribution in [2.45, 2.75) is 91.0 Å². The van der Waals surface area contributed by atoms with Crippen molar-refractivity contribution in [1.29, 1.82) is 0 Å². The number of benzene rings is 2. The van der Waals surface area contributed by atoms with Crippen LogP contribution in [0.2, 0.25) is 0 Å². The summed E-state index contributed by atoms with van der Waals surface area (Å²) in [5.41, 5.74) is 3.05. The fourth-order valence-electron chi connectivity index (χ4n) is 5.69. The molecule has 10 nitrogen and oxygen atoms in total. The fraction of sp³-hybridized carbons (Fsp3) is 0.447. The second-order valence-electron chi connectivity index (χ2n) is 13.2. The van der Waals surface area contributed by atoms with E-state index in [1.165, 1.54) is 12.6 Å². The van der Waals surface area contributed by atoms with Crippen LogP contribution in [0, 0.1) is 11.8 Å². The molecular weight excluding hydrogens is 639 g/mol. The number of ether oxygens (including phenoxy) is 1. The van der Waals surface area contributed by atoms with Crippen molar-refractivity contribution in [1.82, 2.24) is 25.5 Å². The van der Waals surface area contributed by atoms with Crippen molar-refractivity contribution in [3.63, 3.8) is 0 Å². The predicted octanol–water partition coefficient (Wildman–Crippen LogP) is 7.56. The number of oxazole rings is 1. The van der Waals surface area contributed by atoms with Gasteiger partial charge in [0.1, 0.15) is 0 Å². The number of thiazole rings is 1. The maximum atomic E-state index is 13.9. The highest BCUT2D eigenvalue weighted by atomic mass is 32.1. The summed E-state index contributed by atoms with van der Waals surface area (Å²) in [5.74, 6) is 0.666. The number of aromatic nitrogens is 2. The van der Waals surface area contributed by atoms with E-state index in [-0.39, 0.29) is 36.3 Å². The average Bonchev–Trinajstić information content (AvgIpc) is 3.78. The predicted molar refractivity (Wildman–Crippen MR) is 191 cm³/mol. The molecule has 2 aromatic heterocycles. The molecule has 0 aliphatic carbocycles. The molecule has 0 spiro atoms. The smallest absolute Gasteiger partial charge is 0.407 e. The molecule has 0 fully saturated rings. The van der Waals surface area contributed by atoms with Gasteiger partial charge in [0, 0.05) is 30.8 Å². The number of carbonyl (C=O) groups excluding carboxylic acids is 3. The molecule has 0 aliphatic rings. The highest BCUT2D eigenvalue weighted by molar-refractivity contribution is 7.09. The van der Waals surface area contributed by atoms with Crippen molar-refractivity contribution in [3.05, 3.63) is 106 Å². The van der Waals surface area contributed by atoms with Gasteiger partial charge in [-0.1, -0.05) is 88.4 Å². The molecule has 2 heterocycles. The molecule has 0 aliphatic heterocycles. The molecule has 49 heavy (non-hydrogen) atoms. The number of nitrogens with one attached hydrogen (secondary N) is 2. The van der Waals surface area contributed by atoms with Gasteiger partial charge < -0.3 is 24.7 Å². The molecule has 0 radical (unpaired) electrons. The number of carbonyl (C=O) groups is 3. The van der Waals surface area contributed by atoms with Gasteiger partial charge >= 0.3 is 12.1 Å². The zero-order valence-corrected chi connectivity index (χ0v) is 29.9. The van der Waals surface area contributed by atoms with Crippen LogP contribution in [0.25, 0.3) is 0 Å². The molecule has 3 atom stereocenters. The van der Waals surface area contributed by atoms with Crippen molar-refractivity contribution >= 4 is 29.2 Å². The van der Waals surface area contributed by atoms with E-state index in [2.05, 4.69) is 46.6 Å². The Bertz CT molecular complexity index is 1580. The van der Waals surface area contributed by atoms with Gasteiger partial charge in [0.2, 0.25) is 0 Å². The number of Topliss-reactive ketones (excluding diaryl/α,β-unsaturated/α-hetero) is 1. The number of hydrogen-bond acceptors (Lipinski definition) is 8. The summed E-state index contributed by atoms with van der Waals surface area (Å²) < 4.78 is 10.6. The van der Waals surface area contributed by atoms with Crippen LogP contribution in [-0.2, 0) is 35.5 Å². The quantitative estimate of drug-likeness (QED) is 0.111. The second-order valence-corrected chi connectivity index (χ2v) is 14.1. The lowest BCUT2D eigenvalue weighted by Gasteiger charge is -2.27.